The predicted molar refractivity (Wildman–Crippen MR) is 163 cm³/mol. The third-order valence-electron chi connectivity index (χ3n) is 6.18. The number of nitrogens with zero attached hydrogens (tertiary/aromatic N) is 1. The minimum atomic E-state index is -0.291. The van der Waals surface area contributed by atoms with Gasteiger partial charge >= 0.3 is 64.2 Å². The number of rotatable bonds is 10. The molecule has 1 unspecified atom stereocenters. The Labute approximate surface area is 290 Å². The standard InChI is InChI=1S/C33H33ClNO2S.Rb/c1-33(2,3)22-38-31(19-15-24-9-5-6-11-29(24)32(36)37-4)26-10-7-8-23(20-26)12-17-28-18-14-25-13-16-27(34)21-30(25)35-28;/h5-14,16-18,20-21,31H,1,15,19,22H2,2-4H3;/q-1;+1/b17-12+;. The predicted octanol–water partition coefficient (Wildman–Crippen LogP) is 6.12. The van der Waals surface area contributed by atoms with Gasteiger partial charge in [-0.25, -0.2) is 9.78 Å². The SMILES string of the molecule is [CH2-]C(C)(C)CSC(CCc1ccccc1C(=O)OC)c1cccc(/C=C/c2ccc3ccc(Cl)cc3n2)c1.[Rb+]. The average molecular weight is 629 g/mol. The molecule has 0 aliphatic rings. The first kappa shape index (κ1) is 32.2. The smallest absolute Gasteiger partial charge is 0.465 e. The summed E-state index contributed by atoms with van der Waals surface area (Å²) in [5, 5.41) is 2.01. The number of pyridine rings is 1. The maximum Gasteiger partial charge on any atom is 1.00 e. The minimum Gasteiger partial charge on any atom is -0.465 e. The van der Waals surface area contributed by atoms with Crippen molar-refractivity contribution in [2.24, 2.45) is 5.41 Å². The van der Waals surface area contributed by atoms with Gasteiger partial charge in [-0.15, -0.1) is 0 Å². The van der Waals surface area contributed by atoms with E-state index in [1.807, 2.05) is 66.4 Å². The molecule has 0 spiro atoms. The Morgan fingerprint density at radius 1 is 1.05 bits per heavy atom. The molecular weight excluding hydrogens is 595 g/mol. The van der Waals surface area contributed by atoms with Gasteiger partial charge in [-0.1, -0.05) is 86.1 Å². The molecule has 0 saturated heterocycles. The van der Waals surface area contributed by atoms with E-state index in [0.717, 1.165) is 46.3 Å². The van der Waals surface area contributed by atoms with Gasteiger partial charge in [-0.3, -0.25) is 0 Å². The van der Waals surface area contributed by atoms with Crippen LogP contribution in [0, 0.1) is 12.3 Å². The monoisotopic (exact) mass is 627 g/mol. The second-order valence-corrected chi connectivity index (χ2v) is 11.9. The normalized spacial score (nSPS) is 12.3. The third-order valence-corrected chi connectivity index (χ3v) is 8.27. The fraction of sp³-hybridized carbons (Fsp3) is 0.242. The summed E-state index contributed by atoms with van der Waals surface area (Å²) >= 11 is 8.07. The number of ether oxygens (including phenoxy) is 1. The van der Waals surface area contributed by atoms with Gasteiger partial charge in [-0.2, -0.15) is 17.2 Å². The van der Waals surface area contributed by atoms with Gasteiger partial charge in [0.05, 0.1) is 23.9 Å². The molecule has 39 heavy (non-hydrogen) atoms. The number of fused-ring (bicyclic) bond motifs is 1. The zero-order chi connectivity index (χ0) is 27.1. The Morgan fingerprint density at radius 2 is 1.82 bits per heavy atom. The van der Waals surface area contributed by atoms with Crippen LogP contribution < -0.4 is 58.2 Å². The number of halogens is 1. The van der Waals surface area contributed by atoms with E-state index in [1.54, 1.807) is 0 Å². The van der Waals surface area contributed by atoms with E-state index in [9.17, 15) is 4.79 Å². The Morgan fingerprint density at radius 3 is 2.59 bits per heavy atom. The van der Waals surface area contributed by atoms with Crippen molar-refractivity contribution in [3.8, 4) is 0 Å². The van der Waals surface area contributed by atoms with E-state index in [0.29, 0.717) is 10.6 Å². The summed E-state index contributed by atoms with van der Waals surface area (Å²) in [6.45, 7) is 8.62. The molecule has 4 aromatic rings. The number of aryl methyl sites for hydroxylation is 1. The van der Waals surface area contributed by atoms with Crippen molar-refractivity contribution in [1.29, 1.82) is 0 Å². The second-order valence-electron chi connectivity index (χ2n) is 10.2. The summed E-state index contributed by atoms with van der Waals surface area (Å²) in [6.07, 6.45) is 5.81. The molecule has 1 aromatic heterocycles. The molecule has 0 amide bonds. The molecule has 0 aliphatic carbocycles. The molecule has 3 aromatic carbocycles. The molecule has 0 radical (unpaired) electrons. The molecule has 3 nitrogen and oxygen atoms in total. The number of aromatic nitrogens is 1. The number of esters is 1. The van der Waals surface area contributed by atoms with Crippen molar-refractivity contribution in [3.63, 3.8) is 0 Å². The molecule has 0 N–H and O–H groups in total. The van der Waals surface area contributed by atoms with Crippen molar-refractivity contribution in [3.05, 3.63) is 119 Å². The molecule has 1 heterocycles. The summed E-state index contributed by atoms with van der Waals surface area (Å²) in [4.78, 5) is 17.0. The van der Waals surface area contributed by atoms with Crippen molar-refractivity contribution < 1.29 is 67.7 Å². The quantitative estimate of drug-likeness (QED) is 0.157. The molecule has 196 valence electrons. The number of benzene rings is 3. The van der Waals surface area contributed by atoms with Gasteiger partial charge < -0.3 is 11.7 Å². The molecule has 1 atom stereocenters. The Bertz CT molecular complexity index is 1450. The number of carbonyl (C=O) groups excluding carboxylic acids is 1. The summed E-state index contributed by atoms with van der Waals surface area (Å²) in [5.41, 5.74) is 5.76. The van der Waals surface area contributed by atoms with Crippen LogP contribution in [0.25, 0.3) is 23.1 Å². The van der Waals surface area contributed by atoms with Crippen LogP contribution in [-0.2, 0) is 11.2 Å². The van der Waals surface area contributed by atoms with Gasteiger partial charge in [0, 0.05) is 15.7 Å². The van der Waals surface area contributed by atoms with E-state index in [4.69, 9.17) is 21.3 Å². The zero-order valence-corrected chi connectivity index (χ0v) is 29.6. The fourth-order valence-corrected chi connectivity index (χ4v) is 5.69. The van der Waals surface area contributed by atoms with E-state index >= 15 is 0 Å². The molecule has 0 aliphatic heterocycles. The summed E-state index contributed by atoms with van der Waals surface area (Å²) in [7, 11) is 1.43. The van der Waals surface area contributed by atoms with Crippen molar-refractivity contribution in [2.75, 3.05) is 12.9 Å². The van der Waals surface area contributed by atoms with Crippen LogP contribution in [-0.4, -0.2) is 23.8 Å². The maximum absolute atomic E-state index is 12.3. The van der Waals surface area contributed by atoms with Crippen LogP contribution in [0.3, 0.4) is 0 Å². The number of hydrogen-bond donors (Lipinski definition) is 0. The zero-order valence-electron chi connectivity index (χ0n) is 23.1. The number of methoxy groups -OCH3 is 1. The van der Waals surface area contributed by atoms with Gasteiger partial charge in [0.2, 0.25) is 0 Å². The van der Waals surface area contributed by atoms with Crippen LogP contribution in [0.2, 0.25) is 5.02 Å². The van der Waals surface area contributed by atoms with Crippen molar-refractivity contribution in [1.82, 2.24) is 4.98 Å². The summed E-state index contributed by atoms with van der Waals surface area (Å²) < 4.78 is 5.00. The van der Waals surface area contributed by atoms with Gasteiger partial charge in [0.25, 0.3) is 0 Å². The van der Waals surface area contributed by atoms with Crippen molar-refractivity contribution in [2.45, 2.75) is 31.9 Å². The third kappa shape index (κ3) is 9.66. The van der Waals surface area contributed by atoms with Crippen LogP contribution in [0.5, 0.6) is 0 Å². The molecule has 0 fully saturated rings. The Kier molecular flexibility index (Phi) is 12.5. The maximum atomic E-state index is 12.3. The Hall–Kier alpha value is -1.27. The average Bonchev–Trinajstić information content (AvgIpc) is 2.91. The van der Waals surface area contributed by atoms with Gasteiger partial charge in [0.1, 0.15) is 0 Å². The topological polar surface area (TPSA) is 39.2 Å². The minimum absolute atomic E-state index is 0. The molecule has 0 bridgehead atoms. The first-order chi connectivity index (χ1) is 18.2. The van der Waals surface area contributed by atoms with E-state index in [2.05, 4.69) is 57.2 Å². The van der Waals surface area contributed by atoms with E-state index in [1.165, 1.54) is 12.7 Å². The van der Waals surface area contributed by atoms with Crippen LogP contribution in [0.15, 0.2) is 78.9 Å². The largest absolute Gasteiger partial charge is 1.00 e. The van der Waals surface area contributed by atoms with Gasteiger partial charge in [0.15, 0.2) is 0 Å². The molecule has 6 heteroatoms. The van der Waals surface area contributed by atoms with Crippen molar-refractivity contribution >= 4 is 52.4 Å². The van der Waals surface area contributed by atoms with E-state index in [-0.39, 0.29) is 74.8 Å². The van der Waals surface area contributed by atoms with Crippen LogP contribution >= 0.6 is 23.4 Å². The van der Waals surface area contributed by atoms with Gasteiger partial charge in [-0.05, 0) is 65.6 Å². The molecular formula is C33H33ClNO2RbS. The fourth-order valence-electron chi connectivity index (χ4n) is 4.25. The summed E-state index contributed by atoms with van der Waals surface area (Å²) in [5.74, 6) is 0.639. The Balaban J connectivity index is 0.00000420. The number of thioether (sulfide) groups is 1. The number of carbonyl (C=O) groups is 1. The van der Waals surface area contributed by atoms with Crippen LogP contribution in [0.1, 0.15) is 58.3 Å². The van der Waals surface area contributed by atoms with E-state index < -0.39 is 0 Å². The second kappa shape index (κ2) is 15.1. The molecule has 0 saturated carbocycles. The molecule has 4 rings (SSSR count). The first-order valence-electron chi connectivity index (χ1n) is 12.7. The van der Waals surface area contributed by atoms with Crippen LogP contribution in [0.4, 0.5) is 0 Å². The first-order valence-corrected chi connectivity index (χ1v) is 14.1. The number of hydrogen-bond acceptors (Lipinski definition) is 4. The summed E-state index contributed by atoms with van der Waals surface area (Å²) in [6, 6.07) is 26.2.